The zero-order chi connectivity index (χ0) is 14.4. The van der Waals surface area contributed by atoms with Crippen LogP contribution in [0.4, 0.5) is 0 Å². The minimum Gasteiger partial charge on any atom is -0.353 e. The van der Waals surface area contributed by atoms with E-state index in [9.17, 15) is 4.79 Å². The van der Waals surface area contributed by atoms with Crippen LogP contribution >= 0.6 is 11.8 Å². The molecule has 0 atom stereocenters. The number of aromatic nitrogens is 3. The van der Waals surface area contributed by atoms with Crippen molar-refractivity contribution in [1.82, 2.24) is 20.1 Å². The van der Waals surface area contributed by atoms with Gasteiger partial charge in [0.1, 0.15) is 5.82 Å². The van der Waals surface area contributed by atoms with Crippen molar-refractivity contribution in [2.75, 3.05) is 5.75 Å². The molecular weight excluding hydrogens is 274 g/mol. The Morgan fingerprint density at radius 2 is 2.05 bits per heavy atom. The highest BCUT2D eigenvalue weighted by Gasteiger charge is 2.16. The number of hydrogen-bond donors (Lipinski definition) is 2. The second-order valence-corrected chi connectivity index (χ2v) is 6.15. The van der Waals surface area contributed by atoms with Crippen molar-refractivity contribution in [3.63, 3.8) is 0 Å². The van der Waals surface area contributed by atoms with Crippen molar-refractivity contribution in [2.45, 2.75) is 56.3 Å². The zero-order valence-electron chi connectivity index (χ0n) is 12.0. The first kappa shape index (κ1) is 15.3. The molecule has 0 saturated heterocycles. The maximum absolute atomic E-state index is 12.0. The van der Waals surface area contributed by atoms with Gasteiger partial charge in [0.25, 0.3) is 0 Å². The maximum atomic E-state index is 12.0. The van der Waals surface area contributed by atoms with Gasteiger partial charge in [-0.25, -0.2) is 0 Å². The van der Waals surface area contributed by atoms with Crippen LogP contribution < -0.4 is 11.1 Å². The fourth-order valence-corrected chi connectivity index (χ4v) is 3.21. The molecule has 0 aliphatic heterocycles. The Balaban J connectivity index is 1.78. The number of carbonyl (C=O) groups excluding carboxylic acids is 1. The summed E-state index contributed by atoms with van der Waals surface area (Å²) in [6, 6.07) is 0.352. The smallest absolute Gasteiger partial charge is 0.230 e. The van der Waals surface area contributed by atoms with Crippen LogP contribution in [0.5, 0.6) is 0 Å². The lowest BCUT2D eigenvalue weighted by atomic mass is 10.1. The fourth-order valence-electron chi connectivity index (χ4n) is 2.47. The molecule has 0 radical (unpaired) electrons. The molecular formula is C13H23N5OS. The van der Waals surface area contributed by atoms with Gasteiger partial charge < -0.3 is 15.6 Å². The van der Waals surface area contributed by atoms with Gasteiger partial charge in [-0.1, -0.05) is 37.4 Å². The van der Waals surface area contributed by atoms with Crippen LogP contribution in [0.1, 0.15) is 44.3 Å². The summed E-state index contributed by atoms with van der Waals surface area (Å²) < 4.78 is 1.84. The minimum atomic E-state index is 0.0826. The monoisotopic (exact) mass is 297 g/mol. The predicted octanol–water partition coefficient (Wildman–Crippen LogP) is 1.20. The van der Waals surface area contributed by atoms with Gasteiger partial charge in [0.15, 0.2) is 5.16 Å². The second-order valence-electron chi connectivity index (χ2n) is 5.21. The molecule has 1 heterocycles. The third kappa shape index (κ3) is 4.21. The van der Waals surface area contributed by atoms with Gasteiger partial charge >= 0.3 is 0 Å². The van der Waals surface area contributed by atoms with Gasteiger partial charge in [0, 0.05) is 13.1 Å². The van der Waals surface area contributed by atoms with E-state index >= 15 is 0 Å². The predicted molar refractivity (Wildman–Crippen MR) is 79.3 cm³/mol. The number of nitrogens with two attached hydrogens (primary N) is 1. The Bertz CT molecular complexity index is 440. The number of thioether (sulfide) groups is 1. The van der Waals surface area contributed by atoms with Crippen LogP contribution in [-0.4, -0.2) is 32.5 Å². The molecule has 0 bridgehead atoms. The van der Waals surface area contributed by atoms with E-state index in [0.29, 0.717) is 18.3 Å². The third-order valence-electron chi connectivity index (χ3n) is 3.66. The lowest BCUT2D eigenvalue weighted by Gasteiger charge is -2.15. The summed E-state index contributed by atoms with van der Waals surface area (Å²) in [6.07, 6.45) is 7.25. The Labute approximate surface area is 123 Å². The molecule has 1 aromatic rings. The topological polar surface area (TPSA) is 85.8 Å². The number of nitrogens with zero attached hydrogens (tertiary/aromatic N) is 3. The third-order valence-corrected chi connectivity index (χ3v) is 4.68. The molecule has 7 heteroatoms. The van der Waals surface area contributed by atoms with Crippen molar-refractivity contribution in [3.05, 3.63) is 5.82 Å². The van der Waals surface area contributed by atoms with Gasteiger partial charge in [-0.2, -0.15) is 0 Å². The van der Waals surface area contributed by atoms with Crippen LogP contribution in [0.3, 0.4) is 0 Å². The molecule has 6 nitrogen and oxygen atoms in total. The summed E-state index contributed by atoms with van der Waals surface area (Å²) in [5.74, 6) is 1.20. The number of nitrogens with one attached hydrogen (secondary N) is 1. The van der Waals surface area contributed by atoms with Gasteiger partial charge in [-0.05, 0) is 12.8 Å². The average molecular weight is 297 g/mol. The van der Waals surface area contributed by atoms with E-state index in [-0.39, 0.29) is 5.91 Å². The number of rotatable bonds is 5. The van der Waals surface area contributed by atoms with E-state index in [1.54, 1.807) is 0 Å². The van der Waals surface area contributed by atoms with Crippen LogP contribution in [-0.2, 0) is 18.4 Å². The Morgan fingerprint density at radius 3 is 2.65 bits per heavy atom. The van der Waals surface area contributed by atoms with Crippen molar-refractivity contribution in [1.29, 1.82) is 0 Å². The summed E-state index contributed by atoms with van der Waals surface area (Å²) in [5.41, 5.74) is 5.55. The van der Waals surface area contributed by atoms with Gasteiger partial charge in [0.2, 0.25) is 5.91 Å². The van der Waals surface area contributed by atoms with E-state index in [2.05, 4.69) is 15.5 Å². The quantitative estimate of drug-likeness (QED) is 0.630. The Morgan fingerprint density at radius 1 is 1.35 bits per heavy atom. The first-order valence-corrected chi connectivity index (χ1v) is 8.19. The zero-order valence-corrected chi connectivity index (χ0v) is 12.8. The van der Waals surface area contributed by atoms with E-state index < -0.39 is 0 Å². The highest BCUT2D eigenvalue weighted by molar-refractivity contribution is 7.99. The van der Waals surface area contributed by atoms with Gasteiger partial charge in [-0.15, -0.1) is 10.2 Å². The van der Waals surface area contributed by atoms with Crippen molar-refractivity contribution >= 4 is 17.7 Å². The molecule has 1 saturated carbocycles. The van der Waals surface area contributed by atoms with E-state index in [4.69, 9.17) is 5.73 Å². The molecule has 1 amide bonds. The van der Waals surface area contributed by atoms with Crippen LogP contribution in [0.15, 0.2) is 5.16 Å². The molecule has 1 fully saturated rings. The molecule has 0 aromatic carbocycles. The van der Waals surface area contributed by atoms with E-state index in [1.807, 2.05) is 11.6 Å². The molecule has 0 spiro atoms. The second kappa shape index (κ2) is 7.64. The lowest BCUT2D eigenvalue weighted by Crippen LogP contribution is -2.35. The normalized spacial score (nSPS) is 16.9. The molecule has 112 valence electrons. The lowest BCUT2D eigenvalue weighted by molar-refractivity contribution is -0.119. The standard InChI is InChI=1S/C13H23N5OS/c1-18-11(8-14)16-17-13(18)20-9-12(19)15-10-6-4-2-3-5-7-10/h10H,2-9,14H2,1H3,(H,15,19). The average Bonchev–Trinajstić information content (AvgIpc) is 2.64. The summed E-state index contributed by atoms with van der Waals surface area (Å²) in [4.78, 5) is 12.0. The summed E-state index contributed by atoms with van der Waals surface area (Å²) in [6.45, 7) is 0.359. The highest BCUT2D eigenvalue weighted by Crippen LogP contribution is 2.18. The molecule has 2 rings (SSSR count). The van der Waals surface area contributed by atoms with Crippen molar-refractivity contribution < 1.29 is 4.79 Å². The van der Waals surface area contributed by atoms with Crippen LogP contribution in [0.25, 0.3) is 0 Å². The molecule has 0 unspecified atom stereocenters. The fraction of sp³-hybridized carbons (Fsp3) is 0.769. The minimum absolute atomic E-state index is 0.0826. The van der Waals surface area contributed by atoms with E-state index in [1.165, 1.54) is 37.4 Å². The SMILES string of the molecule is Cn1c(CN)nnc1SCC(=O)NC1CCCCCC1. The largest absolute Gasteiger partial charge is 0.353 e. The number of amides is 1. The number of carbonyl (C=O) groups is 1. The summed E-state index contributed by atoms with van der Waals surface area (Å²) in [7, 11) is 1.87. The Hall–Kier alpha value is -1.08. The van der Waals surface area contributed by atoms with Crippen LogP contribution in [0, 0.1) is 0 Å². The van der Waals surface area contributed by atoms with Crippen molar-refractivity contribution in [3.8, 4) is 0 Å². The van der Waals surface area contributed by atoms with E-state index in [0.717, 1.165) is 23.8 Å². The molecule has 1 aliphatic carbocycles. The maximum Gasteiger partial charge on any atom is 0.230 e. The van der Waals surface area contributed by atoms with Crippen LogP contribution in [0.2, 0.25) is 0 Å². The summed E-state index contributed by atoms with van der Waals surface area (Å²) >= 11 is 1.41. The van der Waals surface area contributed by atoms with Gasteiger partial charge in [-0.3, -0.25) is 4.79 Å². The summed E-state index contributed by atoms with van der Waals surface area (Å²) in [5, 5.41) is 11.9. The molecule has 1 aliphatic rings. The van der Waals surface area contributed by atoms with Crippen molar-refractivity contribution in [2.24, 2.45) is 12.8 Å². The highest BCUT2D eigenvalue weighted by atomic mass is 32.2. The molecule has 1 aromatic heterocycles. The molecule has 3 N–H and O–H groups in total. The van der Waals surface area contributed by atoms with Gasteiger partial charge in [0.05, 0.1) is 12.3 Å². The first-order valence-electron chi connectivity index (χ1n) is 7.21. The molecule has 20 heavy (non-hydrogen) atoms. The first-order chi connectivity index (χ1) is 9.70. The Kier molecular flexibility index (Phi) is 5.85. The number of hydrogen-bond acceptors (Lipinski definition) is 5.